The third-order valence-corrected chi connectivity index (χ3v) is 2.64. The molecule has 4 nitrogen and oxygen atoms in total. The SMILES string of the molecule is CCOC(=O)C1=C(C(F)(F)F)OC2OCCC12. The van der Waals surface area contributed by atoms with Gasteiger partial charge in [0, 0.05) is 0 Å². The summed E-state index contributed by atoms with van der Waals surface area (Å²) in [6, 6.07) is 0. The maximum absolute atomic E-state index is 12.7. The van der Waals surface area contributed by atoms with Gasteiger partial charge in [0.2, 0.25) is 12.0 Å². The van der Waals surface area contributed by atoms with Gasteiger partial charge in [-0.05, 0) is 13.3 Å². The highest BCUT2D eigenvalue weighted by Gasteiger charge is 2.53. The maximum atomic E-state index is 12.7. The Balaban J connectivity index is 2.33. The molecule has 0 saturated carbocycles. The van der Waals surface area contributed by atoms with Gasteiger partial charge in [0.25, 0.3) is 0 Å². The highest BCUT2D eigenvalue weighted by Crippen LogP contribution is 2.44. The lowest BCUT2D eigenvalue weighted by Gasteiger charge is -2.12. The van der Waals surface area contributed by atoms with Crippen molar-refractivity contribution in [2.75, 3.05) is 13.2 Å². The third-order valence-electron chi connectivity index (χ3n) is 2.64. The Morgan fingerprint density at radius 3 is 2.82 bits per heavy atom. The molecule has 2 unspecified atom stereocenters. The van der Waals surface area contributed by atoms with E-state index in [9.17, 15) is 18.0 Å². The smallest absolute Gasteiger partial charge is 0.449 e. The summed E-state index contributed by atoms with van der Waals surface area (Å²) in [7, 11) is 0. The molecule has 0 amide bonds. The van der Waals surface area contributed by atoms with Crippen molar-refractivity contribution in [2.24, 2.45) is 5.92 Å². The van der Waals surface area contributed by atoms with E-state index in [0.29, 0.717) is 6.42 Å². The minimum atomic E-state index is -4.70. The van der Waals surface area contributed by atoms with Gasteiger partial charge < -0.3 is 14.2 Å². The number of halogens is 3. The fourth-order valence-electron chi connectivity index (χ4n) is 1.98. The average molecular weight is 252 g/mol. The minimum absolute atomic E-state index is 0.0196. The van der Waals surface area contributed by atoms with Gasteiger partial charge in [-0.3, -0.25) is 0 Å². The number of esters is 1. The zero-order chi connectivity index (χ0) is 12.6. The molecule has 2 aliphatic rings. The summed E-state index contributed by atoms with van der Waals surface area (Å²) in [5.74, 6) is -2.92. The second-order valence-electron chi connectivity index (χ2n) is 3.71. The average Bonchev–Trinajstić information content (AvgIpc) is 2.73. The molecule has 0 N–H and O–H groups in total. The highest BCUT2D eigenvalue weighted by atomic mass is 19.4. The Labute approximate surface area is 95.3 Å². The van der Waals surface area contributed by atoms with Crippen LogP contribution in [0.15, 0.2) is 11.3 Å². The monoisotopic (exact) mass is 252 g/mol. The van der Waals surface area contributed by atoms with Crippen molar-refractivity contribution >= 4 is 5.97 Å². The van der Waals surface area contributed by atoms with Crippen molar-refractivity contribution in [1.29, 1.82) is 0 Å². The first-order valence-electron chi connectivity index (χ1n) is 5.22. The van der Waals surface area contributed by atoms with Gasteiger partial charge in [0.1, 0.15) is 0 Å². The van der Waals surface area contributed by atoms with Crippen molar-refractivity contribution in [3.63, 3.8) is 0 Å². The van der Waals surface area contributed by atoms with E-state index >= 15 is 0 Å². The van der Waals surface area contributed by atoms with Crippen molar-refractivity contribution in [1.82, 2.24) is 0 Å². The molecule has 2 heterocycles. The fraction of sp³-hybridized carbons (Fsp3) is 0.700. The van der Waals surface area contributed by atoms with Gasteiger partial charge >= 0.3 is 12.1 Å². The Kier molecular flexibility index (Phi) is 3.03. The van der Waals surface area contributed by atoms with Crippen molar-refractivity contribution < 1.29 is 32.2 Å². The molecule has 0 aromatic heterocycles. The first-order chi connectivity index (χ1) is 7.95. The summed E-state index contributed by atoms with van der Waals surface area (Å²) in [6.07, 6.45) is -5.38. The van der Waals surface area contributed by atoms with Crippen LogP contribution in [0.2, 0.25) is 0 Å². The normalized spacial score (nSPS) is 28.0. The van der Waals surface area contributed by atoms with Crippen LogP contribution in [0.25, 0.3) is 0 Å². The van der Waals surface area contributed by atoms with Crippen LogP contribution in [-0.2, 0) is 19.0 Å². The van der Waals surface area contributed by atoms with Gasteiger partial charge in [-0.1, -0.05) is 0 Å². The number of allylic oxidation sites excluding steroid dienone is 1. The van der Waals surface area contributed by atoms with Crippen molar-refractivity contribution in [2.45, 2.75) is 25.8 Å². The molecule has 96 valence electrons. The van der Waals surface area contributed by atoms with E-state index < -0.39 is 35.7 Å². The summed E-state index contributed by atoms with van der Waals surface area (Å²) in [6.45, 7) is 1.83. The number of alkyl halides is 3. The predicted molar refractivity (Wildman–Crippen MR) is 48.6 cm³/mol. The summed E-state index contributed by atoms with van der Waals surface area (Å²) >= 11 is 0. The van der Waals surface area contributed by atoms with Gasteiger partial charge in [0.15, 0.2) is 0 Å². The van der Waals surface area contributed by atoms with Crippen molar-refractivity contribution in [3.8, 4) is 0 Å². The molecule has 2 atom stereocenters. The maximum Gasteiger partial charge on any atom is 0.449 e. The van der Waals surface area contributed by atoms with Gasteiger partial charge in [-0.25, -0.2) is 4.79 Å². The number of carbonyl (C=O) groups excluding carboxylic acids is 1. The molecule has 2 aliphatic heterocycles. The first-order valence-corrected chi connectivity index (χ1v) is 5.22. The molecule has 1 saturated heterocycles. The largest absolute Gasteiger partial charge is 0.463 e. The van der Waals surface area contributed by atoms with E-state index in [1.807, 2.05) is 0 Å². The van der Waals surface area contributed by atoms with Crippen LogP contribution in [-0.4, -0.2) is 31.6 Å². The minimum Gasteiger partial charge on any atom is -0.463 e. The molecule has 7 heteroatoms. The van der Waals surface area contributed by atoms with Gasteiger partial charge in [-0.15, -0.1) is 0 Å². The summed E-state index contributed by atoms with van der Waals surface area (Å²) in [5, 5.41) is 0. The highest BCUT2D eigenvalue weighted by molar-refractivity contribution is 5.90. The predicted octanol–water partition coefficient (Wildman–Crippen LogP) is 1.76. The molecular formula is C10H11F3O4. The topological polar surface area (TPSA) is 44.8 Å². The van der Waals surface area contributed by atoms with Crippen LogP contribution in [0.1, 0.15) is 13.3 Å². The molecule has 17 heavy (non-hydrogen) atoms. The Morgan fingerprint density at radius 1 is 1.53 bits per heavy atom. The third kappa shape index (κ3) is 2.11. The number of rotatable bonds is 2. The molecule has 2 rings (SSSR count). The van der Waals surface area contributed by atoms with E-state index in [1.165, 1.54) is 6.92 Å². The lowest BCUT2D eigenvalue weighted by atomic mass is 9.98. The van der Waals surface area contributed by atoms with Gasteiger partial charge in [-0.2, -0.15) is 13.2 Å². The van der Waals surface area contributed by atoms with E-state index in [-0.39, 0.29) is 13.2 Å². The van der Waals surface area contributed by atoms with Crippen LogP contribution in [0.3, 0.4) is 0 Å². The molecule has 0 aromatic carbocycles. The molecule has 0 spiro atoms. The number of hydrogen-bond acceptors (Lipinski definition) is 4. The Hall–Kier alpha value is -1.24. The first kappa shape index (κ1) is 12.2. The zero-order valence-electron chi connectivity index (χ0n) is 9.04. The number of fused-ring (bicyclic) bond motifs is 1. The Morgan fingerprint density at radius 2 is 2.24 bits per heavy atom. The van der Waals surface area contributed by atoms with Crippen molar-refractivity contribution in [3.05, 3.63) is 11.3 Å². The molecule has 0 aromatic rings. The number of ether oxygens (including phenoxy) is 3. The molecular weight excluding hydrogens is 241 g/mol. The molecule has 0 aliphatic carbocycles. The van der Waals surface area contributed by atoms with Crippen LogP contribution >= 0.6 is 0 Å². The molecule has 0 radical (unpaired) electrons. The zero-order valence-corrected chi connectivity index (χ0v) is 9.04. The summed E-state index contributed by atoms with van der Waals surface area (Å²) < 4.78 is 52.3. The second-order valence-corrected chi connectivity index (χ2v) is 3.71. The van der Waals surface area contributed by atoms with Gasteiger partial charge in [0.05, 0.1) is 24.7 Å². The number of hydrogen-bond donors (Lipinski definition) is 0. The summed E-state index contributed by atoms with van der Waals surface area (Å²) in [5.41, 5.74) is -0.443. The lowest BCUT2D eigenvalue weighted by molar-refractivity contribution is -0.167. The van der Waals surface area contributed by atoms with E-state index in [2.05, 4.69) is 9.47 Å². The Bertz CT molecular complexity index is 361. The molecule has 0 bridgehead atoms. The van der Waals surface area contributed by atoms with E-state index in [0.717, 1.165) is 0 Å². The van der Waals surface area contributed by atoms with Crippen LogP contribution in [0.4, 0.5) is 13.2 Å². The van der Waals surface area contributed by atoms with Crippen LogP contribution in [0, 0.1) is 5.92 Å². The van der Waals surface area contributed by atoms with E-state index in [1.54, 1.807) is 0 Å². The quantitative estimate of drug-likeness (QED) is 0.702. The number of carbonyl (C=O) groups is 1. The lowest BCUT2D eigenvalue weighted by Crippen LogP contribution is -2.19. The summed E-state index contributed by atoms with van der Waals surface area (Å²) in [4.78, 5) is 11.5. The standard InChI is InChI=1S/C10H11F3O4/c1-2-15-8(14)6-5-3-4-16-9(5)17-7(6)10(11,12)13/h5,9H,2-4H2,1H3. The second kappa shape index (κ2) is 4.21. The van der Waals surface area contributed by atoms with Crippen LogP contribution < -0.4 is 0 Å². The fourth-order valence-corrected chi connectivity index (χ4v) is 1.98. The van der Waals surface area contributed by atoms with Crippen LogP contribution in [0.5, 0.6) is 0 Å². The molecule has 1 fully saturated rings. The van der Waals surface area contributed by atoms with E-state index in [4.69, 9.17) is 4.74 Å².